The van der Waals surface area contributed by atoms with Crippen LogP contribution in [0, 0.1) is 13.8 Å². The summed E-state index contributed by atoms with van der Waals surface area (Å²) in [6, 6.07) is 7.71. The fraction of sp³-hybridized carbons (Fsp3) is 0.143. The molecule has 0 spiro atoms. The SMILES string of the molecule is Cc1cc(O)cc(-c2ccc(O)cc2O)c1C. The highest BCUT2D eigenvalue weighted by atomic mass is 16.3. The number of aromatic hydroxyl groups is 3. The maximum atomic E-state index is 9.81. The predicted molar refractivity (Wildman–Crippen MR) is 66.3 cm³/mol. The third-order valence-corrected chi connectivity index (χ3v) is 2.92. The summed E-state index contributed by atoms with van der Waals surface area (Å²) in [6.45, 7) is 3.83. The molecule has 0 aliphatic carbocycles. The molecule has 0 bridgehead atoms. The Morgan fingerprint density at radius 1 is 0.765 bits per heavy atom. The summed E-state index contributed by atoms with van der Waals surface area (Å²) in [5.41, 5.74) is 3.30. The lowest BCUT2D eigenvalue weighted by Crippen LogP contribution is -1.88. The molecular formula is C14H14O3. The first-order chi connectivity index (χ1) is 7.99. The van der Waals surface area contributed by atoms with Crippen LogP contribution in [0.5, 0.6) is 17.2 Å². The number of phenols is 3. The van der Waals surface area contributed by atoms with Gasteiger partial charge in [0.1, 0.15) is 17.2 Å². The Labute approximate surface area is 99.6 Å². The Balaban J connectivity index is 2.68. The smallest absolute Gasteiger partial charge is 0.127 e. The molecule has 0 heterocycles. The Hall–Kier alpha value is -2.16. The first-order valence-corrected chi connectivity index (χ1v) is 5.31. The molecule has 88 valence electrons. The molecule has 0 aliphatic rings. The van der Waals surface area contributed by atoms with Gasteiger partial charge in [-0.2, -0.15) is 0 Å². The highest BCUT2D eigenvalue weighted by Crippen LogP contribution is 2.36. The molecule has 3 nitrogen and oxygen atoms in total. The molecule has 3 heteroatoms. The molecule has 2 aromatic rings. The summed E-state index contributed by atoms with van der Waals surface area (Å²) in [4.78, 5) is 0. The second-order valence-corrected chi connectivity index (χ2v) is 4.14. The van der Waals surface area contributed by atoms with Crippen molar-refractivity contribution in [1.82, 2.24) is 0 Å². The summed E-state index contributed by atoms with van der Waals surface area (Å²) >= 11 is 0. The molecule has 0 aliphatic heterocycles. The van der Waals surface area contributed by atoms with E-state index < -0.39 is 0 Å². The van der Waals surface area contributed by atoms with E-state index in [4.69, 9.17) is 0 Å². The molecule has 0 unspecified atom stereocenters. The van der Waals surface area contributed by atoms with Crippen molar-refractivity contribution < 1.29 is 15.3 Å². The van der Waals surface area contributed by atoms with Crippen LogP contribution in [-0.2, 0) is 0 Å². The maximum absolute atomic E-state index is 9.81. The van der Waals surface area contributed by atoms with Crippen molar-refractivity contribution in [3.05, 3.63) is 41.5 Å². The third-order valence-electron chi connectivity index (χ3n) is 2.92. The number of hydrogen-bond acceptors (Lipinski definition) is 3. The van der Waals surface area contributed by atoms with Gasteiger partial charge in [0.15, 0.2) is 0 Å². The van der Waals surface area contributed by atoms with Gasteiger partial charge < -0.3 is 15.3 Å². The number of phenolic OH excluding ortho intramolecular Hbond substituents is 3. The van der Waals surface area contributed by atoms with E-state index in [1.165, 1.54) is 12.1 Å². The van der Waals surface area contributed by atoms with Crippen molar-refractivity contribution in [1.29, 1.82) is 0 Å². The highest BCUT2D eigenvalue weighted by molar-refractivity contribution is 5.75. The topological polar surface area (TPSA) is 60.7 Å². The molecule has 2 rings (SSSR count). The van der Waals surface area contributed by atoms with Crippen LogP contribution in [-0.4, -0.2) is 15.3 Å². The first kappa shape index (κ1) is 11.3. The zero-order valence-corrected chi connectivity index (χ0v) is 9.73. The first-order valence-electron chi connectivity index (χ1n) is 5.31. The van der Waals surface area contributed by atoms with E-state index in [2.05, 4.69) is 0 Å². The third kappa shape index (κ3) is 2.04. The van der Waals surface area contributed by atoms with Gasteiger partial charge in [-0.15, -0.1) is 0 Å². The van der Waals surface area contributed by atoms with Crippen LogP contribution < -0.4 is 0 Å². The zero-order valence-electron chi connectivity index (χ0n) is 9.73. The van der Waals surface area contributed by atoms with Crippen LogP contribution in [0.1, 0.15) is 11.1 Å². The van der Waals surface area contributed by atoms with Crippen molar-refractivity contribution in [2.45, 2.75) is 13.8 Å². The monoisotopic (exact) mass is 230 g/mol. The van der Waals surface area contributed by atoms with Crippen molar-refractivity contribution in [3.8, 4) is 28.4 Å². The second-order valence-electron chi connectivity index (χ2n) is 4.14. The number of aryl methyl sites for hydroxylation is 1. The average molecular weight is 230 g/mol. The van der Waals surface area contributed by atoms with Gasteiger partial charge in [-0.25, -0.2) is 0 Å². The fourth-order valence-corrected chi connectivity index (χ4v) is 1.87. The largest absolute Gasteiger partial charge is 0.508 e. The van der Waals surface area contributed by atoms with Crippen molar-refractivity contribution in [2.75, 3.05) is 0 Å². The summed E-state index contributed by atoms with van der Waals surface area (Å²) in [6.07, 6.45) is 0. The van der Waals surface area contributed by atoms with E-state index in [9.17, 15) is 15.3 Å². The standard InChI is InChI=1S/C14H14O3/c1-8-5-11(16)6-13(9(8)2)12-4-3-10(15)7-14(12)17/h3-7,15-17H,1-2H3. The van der Waals surface area contributed by atoms with Gasteiger partial charge in [0.2, 0.25) is 0 Å². The van der Waals surface area contributed by atoms with Crippen LogP contribution in [0.2, 0.25) is 0 Å². The molecule has 17 heavy (non-hydrogen) atoms. The van der Waals surface area contributed by atoms with Gasteiger partial charge in [0, 0.05) is 11.6 Å². The predicted octanol–water partition coefficient (Wildman–Crippen LogP) is 3.09. The van der Waals surface area contributed by atoms with Crippen LogP contribution in [0.4, 0.5) is 0 Å². The number of rotatable bonds is 1. The quantitative estimate of drug-likeness (QED) is 0.705. The normalized spacial score (nSPS) is 10.5. The minimum Gasteiger partial charge on any atom is -0.508 e. The zero-order chi connectivity index (χ0) is 12.6. The molecule has 0 atom stereocenters. The van der Waals surface area contributed by atoms with E-state index in [1.807, 2.05) is 13.8 Å². The Kier molecular flexibility index (Phi) is 2.68. The Morgan fingerprint density at radius 3 is 2.12 bits per heavy atom. The van der Waals surface area contributed by atoms with Crippen LogP contribution in [0.15, 0.2) is 30.3 Å². The fourth-order valence-electron chi connectivity index (χ4n) is 1.87. The summed E-state index contributed by atoms with van der Waals surface area (Å²) in [7, 11) is 0. The van der Waals surface area contributed by atoms with Gasteiger partial charge in [-0.3, -0.25) is 0 Å². The van der Waals surface area contributed by atoms with Gasteiger partial charge in [0.05, 0.1) is 0 Å². The van der Waals surface area contributed by atoms with E-state index in [0.29, 0.717) is 5.56 Å². The van der Waals surface area contributed by atoms with Crippen LogP contribution in [0.25, 0.3) is 11.1 Å². The van der Waals surface area contributed by atoms with E-state index in [0.717, 1.165) is 16.7 Å². The van der Waals surface area contributed by atoms with E-state index in [-0.39, 0.29) is 17.2 Å². The molecular weight excluding hydrogens is 216 g/mol. The van der Waals surface area contributed by atoms with E-state index in [1.54, 1.807) is 18.2 Å². The average Bonchev–Trinajstić information content (AvgIpc) is 2.24. The van der Waals surface area contributed by atoms with E-state index >= 15 is 0 Å². The van der Waals surface area contributed by atoms with Crippen LogP contribution in [0.3, 0.4) is 0 Å². The van der Waals surface area contributed by atoms with Crippen LogP contribution >= 0.6 is 0 Å². The number of hydrogen-bond donors (Lipinski definition) is 3. The summed E-state index contributed by atoms with van der Waals surface area (Å²) < 4.78 is 0. The van der Waals surface area contributed by atoms with Gasteiger partial charge in [0.25, 0.3) is 0 Å². The lowest BCUT2D eigenvalue weighted by molar-refractivity contribution is 0.452. The minimum absolute atomic E-state index is 0.00176. The number of benzene rings is 2. The Morgan fingerprint density at radius 2 is 1.47 bits per heavy atom. The lowest BCUT2D eigenvalue weighted by atomic mass is 9.96. The lowest BCUT2D eigenvalue weighted by Gasteiger charge is -2.11. The minimum atomic E-state index is -0.00176. The molecule has 2 aromatic carbocycles. The molecule has 0 saturated carbocycles. The molecule has 0 amide bonds. The van der Waals surface area contributed by atoms with Crippen molar-refractivity contribution in [3.63, 3.8) is 0 Å². The van der Waals surface area contributed by atoms with Gasteiger partial charge >= 0.3 is 0 Å². The molecule has 3 N–H and O–H groups in total. The maximum Gasteiger partial charge on any atom is 0.127 e. The molecule has 0 radical (unpaired) electrons. The highest BCUT2D eigenvalue weighted by Gasteiger charge is 2.10. The molecule has 0 aromatic heterocycles. The Bertz CT molecular complexity index is 574. The summed E-state index contributed by atoms with van der Waals surface area (Å²) in [5, 5.41) is 28.7. The van der Waals surface area contributed by atoms with Gasteiger partial charge in [-0.05, 0) is 54.8 Å². The summed E-state index contributed by atoms with van der Waals surface area (Å²) in [5.74, 6) is 0.175. The second kappa shape index (κ2) is 4.01. The van der Waals surface area contributed by atoms with Crippen molar-refractivity contribution in [2.24, 2.45) is 0 Å². The van der Waals surface area contributed by atoms with Gasteiger partial charge in [-0.1, -0.05) is 0 Å². The molecule has 0 fully saturated rings. The molecule has 0 saturated heterocycles. The van der Waals surface area contributed by atoms with Crippen molar-refractivity contribution >= 4 is 0 Å².